The molecule has 29 heteroatoms. The number of hydrogen-bond acceptors (Lipinski definition) is 17. The van der Waals surface area contributed by atoms with Crippen LogP contribution in [-0.2, 0) is 77.5 Å². The Balaban J connectivity index is 0.000000977. The molecule has 9 atom stereocenters. The number of carboxylic acid groups (broad SMARTS) is 1. The monoisotopic (exact) mass is 1440 g/mol. The lowest BCUT2D eigenvalue weighted by molar-refractivity contribution is -0.142. The first-order valence-corrected chi connectivity index (χ1v) is 30.6. The van der Waals surface area contributed by atoms with Crippen LogP contribution in [0.15, 0.2) is 79.1 Å². The number of rotatable bonds is 6. The number of nitrogen functional groups attached to an aromatic ring is 1. The molecule has 9 rings (SSSR count). The van der Waals surface area contributed by atoms with Gasteiger partial charge in [0.25, 0.3) is 0 Å². The number of fused-ring (bicyclic) bond motifs is 3. The average molecular weight is 1450 g/mol. The van der Waals surface area contributed by atoms with Crippen molar-refractivity contribution in [2.24, 2.45) is 17.8 Å². The predicted molar refractivity (Wildman–Crippen MR) is 344 cm³/mol. The van der Waals surface area contributed by atoms with Crippen LogP contribution in [0.4, 0.5) is 27.0 Å². The molecule has 0 radical (unpaired) electrons. The number of likely N-dealkylation sites (tertiary alicyclic amines) is 2. The van der Waals surface area contributed by atoms with Crippen LogP contribution >= 0.6 is 85.3 Å². The number of aliphatic carboxylic acids is 1. The van der Waals surface area contributed by atoms with E-state index in [0.29, 0.717) is 52.8 Å². The number of ether oxygens (including phenoxy) is 2. The minimum Gasteiger partial charge on any atom is -0.480 e. The van der Waals surface area contributed by atoms with E-state index in [1.807, 2.05) is 77.9 Å². The molecule has 3 saturated heterocycles. The van der Waals surface area contributed by atoms with Gasteiger partial charge in [0.2, 0.25) is 11.8 Å². The van der Waals surface area contributed by atoms with Crippen molar-refractivity contribution in [3.05, 3.63) is 79.1 Å². The van der Waals surface area contributed by atoms with E-state index in [1.54, 1.807) is 56.0 Å². The number of nitrogens with one attached hydrogen (secondary N) is 3. The van der Waals surface area contributed by atoms with Gasteiger partial charge in [0.05, 0.1) is 6.04 Å². The largest absolute Gasteiger partial charge is 0.480 e. The Bertz CT molecular complexity index is 2560. The molecule has 18 nitrogen and oxygen atoms in total. The van der Waals surface area contributed by atoms with Gasteiger partial charge >= 0.3 is 18.2 Å². The van der Waals surface area contributed by atoms with Crippen molar-refractivity contribution >= 4 is 186 Å². The Kier molecular flexibility index (Phi) is 34.1. The molecular formula is C50H73Br3Cl2N10O8S6. The van der Waals surface area contributed by atoms with Crippen molar-refractivity contribution in [3.63, 3.8) is 0 Å². The SMILES string of the molecule is C.CC(C)(C)OC(=O)N1[C@@H]2C[C@@H]2C[C@H]1C(=O)Nc1cccc(Br)n1.CC(C)(C)OC(=O)N1[C@@H]2C[C@@H]2C[C@H]1C(=O)O.CC(C)=C(Cl)N(C)C.Cl.Nc1cccc(Br)n1.O=C(Nc1cccc(Br)n1)[C@@H]1C[C@H]2C[C@H]2N1.S.S=S.S=S=S. The van der Waals surface area contributed by atoms with Crippen LogP contribution < -0.4 is 21.7 Å². The molecule has 6 heterocycles. The van der Waals surface area contributed by atoms with Gasteiger partial charge in [0.1, 0.15) is 59.7 Å². The lowest BCUT2D eigenvalue weighted by atomic mass is 10.1. The third kappa shape index (κ3) is 26.5. The fraction of sp³-hybridized carbons (Fsp3) is 0.560. The fourth-order valence-electron chi connectivity index (χ4n) is 8.30. The number of carbonyl (C=O) groups excluding carboxylic acids is 4. The van der Waals surface area contributed by atoms with E-state index in [-0.39, 0.29) is 63.3 Å². The number of hydrogen-bond donors (Lipinski definition) is 5. The van der Waals surface area contributed by atoms with Gasteiger partial charge in [-0.05, 0) is 201 Å². The van der Waals surface area contributed by atoms with Gasteiger partial charge in [-0.2, -0.15) is 13.5 Å². The number of anilines is 3. The Morgan fingerprint density at radius 3 is 1.46 bits per heavy atom. The Morgan fingerprint density at radius 1 is 0.722 bits per heavy atom. The van der Waals surface area contributed by atoms with E-state index >= 15 is 0 Å². The summed E-state index contributed by atoms with van der Waals surface area (Å²) < 4.78 is 12.8. The topological polar surface area (TPSA) is 235 Å². The van der Waals surface area contributed by atoms with Gasteiger partial charge in [-0.1, -0.05) is 37.2 Å². The maximum Gasteiger partial charge on any atom is 0.411 e. The molecule has 3 aliphatic carbocycles. The lowest BCUT2D eigenvalue weighted by Gasteiger charge is -2.29. The first-order chi connectivity index (χ1) is 35.5. The minimum absolute atomic E-state index is 0. The zero-order valence-electron chi connectivity index (χ0n) is 44.7. The molecule has 3 aliphatic heterocycles. The standard InChI is InChI=1S/C16H20BrN3O3.C11H12BrN3O.C11H17NO4.C6H12ClN.C5H5BrN2.CH4.ClH.S3.S2.H2S/c1-16(2,3)23-15(22)20-10-7-9(10)8-11(20)14(21)19-13-6-4-5-12(17)18-13;12-9-2-1-3-10(14-9)15-11(16)8-5-6-4-7(6)13-8;1-11(2,3)16-10(15)12-7-4-6(7)5-8(12)9(13)14;1-5(2)6(7)8(3)4;6-4-2-1-3-5(7)8-4;;;1-3-2;1-2;/h4-6,9-11H,7-8H2,1-3H3,(H,18,19,21);1-3,6-8,13H,4-5H2,(H,14,15,16);6-8H,4-5H2,1-3H3,(H,13,14);1-4H3;1-3H,(H2,7,8);1H4;1H;;;1H2/t9-,10-,11+;2*6-,7-,8+;;;;;;;/m111......./s1. The third-order valence-corrected chi connectivity index (χ3v) is 13.7. The number of carboxylic acids is 1. The summed E-state index contributed by atoms with van der Waals surface area (Å²) in [6.07, 6.45) is 4.42. The highest BCUT2D eigenvalue weighted by atomic mass is 79.9. The van der Waals surface area contributed by atoms with Gasteiger partial charge in [-0.3, -0.25) is 19.4 Å². The quantitative estimate of drug-likeness (QED) is 0.114. The summed E-state index contributed by atoms with van der Waals surface area (Å²) in [6.45, 7) is 14.8. The van der Waals surface area contributed by atoms with Gasteiger partial charge in [-0.25, -0.2) is 29.3 Å². The molecule has 79 heavy (non-hydrogen) atoms. The second-order valence-electron chi connectivity index (χ2n) is 20.6. The van der Waals surface area contributed by atoms with Crippen LogP contribution in [0, 0.1) is 17.8 Å². The molecule has 0 unspecified atom stereocenters. The molecule has 0 bridgehead atoms. The van der Waals surface area contributed by atoms with Crippen LogP contribution in [-0.4, -0.2) is 126 Å². The van der Waals surface area contributed by atoms with Gasteiger partial charge < -0.3 is 41.2 Å². The number of allylic oxidation sites excluding steroid dienone is 1. The zero-order valence-corrected chi connectivity index (χ0v) is 56.1. The number of halogens is 5. The normalized spacial score (nSPS) is 22.3. The van der Waals surface area contributed by atoms with Crippen molar-refractivity contribution in [2.75, 3.05) is 30.5 Å². The van der Waals surface area contributed by atoms with E-state index in [0.717, 1.165) is 54.0 Å². The van der Waals surface area contributed by atoms with E-state index in [1.165, 1.54) is 11.3 Å². The molecule has 3 aromatic rings. The molecule has 3 aromatic heterocycles. The van der Waals surface area contributed by atoms with Gasteiger partial charge in [0, 0.05) is 85.9 Å². The summed E-state index contributed by atoms with van der Waals surface area (Å²) in [5.74, 6) is 1.99. The van der Waals surface area contributed by atoms with Crippen LogP contribution in [0.2, 0.25) is 0 Å². The summed E-state index contributed by atoms with van der Waals surface area (Å²) in [7, 11) is 4.77. The van der Waals surface area contributed by atoms with Gasteiger partial charge in [0.15, 0.2) is 0 Å². The summed E-state index contributed by atoms with van der Waals surface area (Å²) in [6, 6.07) is 15.8. The molecule has 0 spiro atoms. The molecule has 4 amide bonds. The average Bonchev–Trinajstić information content (AvgIpc) is 4.28. The van der Waals surface area contributed by atoms with Crippen LogP contribution in [0.1, 0.15) is 101 Å². The number of amides is 4. The maximum atomic E-state index is 12.6. The smallest absolute Gasteiger partial charge is 0.411 e. The molecule has 6 fully saturated rings. The van der Waals surface area contributed by atoms with Crippen molar-refractivity contribution in [1.29, 1.82) is 0 Å². The van der Waals surface area contributed by atoms with Crippen molar-refractivity contribution in [2.45, 2.75) is 149 Å². The van der Waals surface area contributed by atoms with E-state index < -0.39 is 41.4 Å². The predicted octanol–water partition coefficient (Wildman–Crippen LogP) is 10.8. The van der Waals surface area contributed by atoms with Crippen LogP contribution in [0.25, 0.3) is 0 Å². The Labute approximate surface area is 531 Å². The number of nitrogens with zero attached hydrogens (tertiary/aromatic N) is 6. The van der Waals surface area contributed by atoms with E-state index in [9.17, 15) is 24.0 Å². The molecule has 442 valence electrons. The van der Waals surface area contributed by atoms with E-state index in [2.05, 4.69) is 123 Å². The number of nitrogens with two attached hydrogens (primary N) is 1. The van der Waals surface area contributed by atoms with E-state index in [4.69, 9.17) is 31.9 Å². The summed E-state index contributed by atoms with van der Waals surface area (Å²) >= 11 is 31.1. The highest BCUT2D eigenvalue weighted by Gasteiger charge is 2.58. The molecular weight excluding hydrogens is 1370 g/mol. The molecule has 6 N–H and O–H groups in total. The Morgan fingerprint density at radius 2 is 1.13 bits per heavy atom. The molecule has 3 saturated carbocycles. The second kappa shape index (κ2) is 35.3. The summed E-state index contributed by atoms with van der Waals surface area (Å²) in [5.41, 5.74) is 5.32. The van der Waals surface area contributed by atoms with Crippen molar-refractivity contribution < 1.29 is 38.6 Å². The highest BCUT2D eigenvalue weighted by Crippen LogP contribution is 2.49. The number of carbonyl (C=O) groups is 5. The first kappa shape index (κ1) is 76.2. The van der Waals surface area contributed by atoms with Gasteiger partial charge in [-0.15, -0.1) is 12.4 Å². The number of piperidine rings is 3. The lowest BCUT2D eigenvalue weighted by Crippen LogP contribution is -2.47. The molecule has 0 aromatic carbocycles. The highest BCUT2D eigenvalue weighted by molar-refractivity contribution is 9.11. The van der Waals surface area contributed by atoms with Crippen molar-refractivity contribution in [1.82, 2.24) is 35.0 Å². The summed E-state index contributed by atoms with van der Waals surface area (Å²) in [4.78, 5) is 76.8. The minimum atomic E-state index is -0.932. The van der Waals surface area contributed by atoms with Crippen LogP contribution in [0.5, 0.6) is 0 Å². The number of pyridine rings is 3. The number of aromatic nitrogens is 3. The zero-order chi connectivity index (χ0) is 57.4. The first-order valence-electron chi connectivity index (χ1n) is 23.9. The van der Waals surface area contributed by atoms with Crippen LogP contribution in [0.3, 0.4) is 0 Å². The Hall–Kier alpha value is -2.83. The third-order valence-electron chi connectivity index (χ3n) is 11.7. The summed E-state index contributed by atoms with van der Waals surface area (Å²) in [5, 5.41) is 18.8. The molecule has 6 aliphatic rings. The van der Waals surface area contributed by atoms with Crippen molar-refractivity contribution in [3.8, 4) is 0 Å². The fourth-order valence-corrected chi connectivity index (χ4v) is 9.34. The second-order valence-corrected chi connectivity index (χ2v) is 25.2. The maximum absolute atomic E-state index is 12.6.